The van der Waals surface area contributed by atoms with Gasteiger partial charge in [0, 0.05) is 19.3 Å². The van der Waals surface area contributed by atoms with Gasteiger partial charge in [-0.25, -0.2) is 0 Å². The summed E-state index contributed by atoms with van der Waals surface area (Å²) in [5.41, 5.74) is 6.10. The Morgan fingerprint density at radius 1 is 0.484 bits per heavy atom. The summed E-state index contributed by atoms with van der Waals surface area (Å²) in [5.74, 6) is -12.6. The standard InChI is InChI=1S/C37H48N8O17/c38-22(16-46)32(57)39-14-28(50)41-26(13-30(53)54)36(61)42-23(9-10-29(51)52)34(59)45-27(17-47)37(62)44-25(12-19-3-7-21(49)8-4-19)35(60)43-24(33(58)40-15-31(55)56)11-18-1-5-20(48)6-2-18/h1-8,22-27,46-49H,9-17,38H2,(H,39,57)(H,40,58)(H,41,50)(H,42,61)(H,43,60)(H,44,62)(H,45,59)(H,51,52)(H,53,54)(H,55,56)/t22-,23-,24-,25-,26-,27-/m0/s1. The molecule has 2 aromatic carbocycles. The van der Waals surface area contributed by atoms with Crippen LogP contribution in [-0.2, 0) is 60.8 Å². The van der Waals surface area contributed by atoms with E-state index in [4.69, 9.17) is 15.9 Å². The number of aromatic hydroxyl groups is 2. The largest absolute Gasteiger partial charge is 0.508 e. The Bertz CT molecular complexity index is 1930. The third-order valence-corrected chi connectivity index (χ3v) is 8.51. The predicted molar refractivity (Wildman–Crippen MR) is 208 cm³/mol. The van der Waals surface area contributed by atoms with Crippen LogP contribution >= 0.6 is 0 Å². The van der Waals surface area contributed by atoms with Gasteiger partial charge in [0.15, 0.2) is 0 Å². The molecule has 0 heterocycles. The van der Waals surface area contributed by atoms with E-state index in [-0.39, 0.29) is 24.3 Å². The van der Waals surface area contributed by atoms with E-state index in [1.807, 2.05) is 10.6 Å². The van der Waals surface area contributed by atoms with Crippen molar-refractivity contribution >= 4 is 59.3 Å². The van der Waals surface area contributed by atoms with Gasteiger partial charge < -0.3 is 78.7 Å². The van der Waals surface area contributed by atoms with Crippen LogP contribution in [0.1, 0.15) is 30.4 Å². The first-order chi connectivity index (χ1) is 29.2. The monoisotopic (exact) mass is 876 g/mol. The van der Waals surface area contributed by atoms with Crippen LogP contribution < -0.4 is 43.0 Å². The molecule has 0 unspecified atom stereocenters. The molecule has 0 fully saturated rings. The number of nitrogens with two attached hydrogens (primary N) is 1. The van der Waals surface area contributed by atoms with Crippen LogP contribution in [0.4, 0.5) is 0 Å². The Labute approximate surface area is 351 Å². The van der Waals surface area contributed by atoms with Gasteiger partial charge in [-0.3, -0.25) is 47.9 Å². The molecular formula is C37H48N8O17. The van der Waals surface area contributed by atoms with Gasteiger partial charge in [0.25, 0.3) is 0 Å². The number of aliphatic hydroxyl groups is 2. The number of hydrogen-bond donors (Lipinski definition) is 15. The Kier molecular flexibility index (Phi) is 20.7. The fourth-order valence-corrected chi connectivity index (χ4v) is 5.27. The molecule has 2 aromatic rings. The quantitative estimate of drug-likeness (QED) is 0.0419. The van der Waals surface area contributed by atoms with Crippen LogP contribution in [0.5, 0.6) is 11.5 Å². The number of carbonyl (C=O) groups is 10. The van der Waals surface area contributed by atoms with E-state index in [1.165, 1.54) is 48.5 Å². The van der Waals surface area contributed by atoms with Crippen molar-refractivity contribution in [2.24, 2.45) is 5.73 Å². The number of carbonyl (C=O) groups excluding carboxylic acids is 7. The lowest BCUT2D eigenvalue weighted by atomic mass is 10.0. The molecule has 2 rings (SSSR count). The molecular weight excluding hydrogens is 828 g/mol. The van der Waals surface area contributed by atoms with E-state index in [2.05, 4.69) is 26.6 Å². The minimum atomic E-state index is -1.92. The summed E-state index contributed by atoms with van der Waals surface area (Å²) < 4.78 is 0. The van der Waals surface area contributed by atoms with Gasteiger partial charge in [0.05, 0.1) is 26.2 Å². The minimum Gasteiger partial charge on any atom is -0.508 e. The third kappa shape index (κ3) is 18.3. The van der Waals surface area contributed by atoms with Crippen molar-refractivity contribution in [3.05, 3.63) is 59.7 Å². The van der Waals surface area contributed by atoms with E-state index < -0.39 is 141 Å². The maximum Gasteiger partial charge on any atom is 0.322 e. The van der Waals surface area contributed by atoms with Crippen molar-refractivity contribution in [1.29, 1.82) is 0 Å². The first-order valence-electron chi connectivity index (χ1n) is 18.5. The number of aliphatic hydroxyl groups excluding tert-OH is 2. The molecule has 0 saturated carbocycles. The molecule has 62 heavy (non-hydrogen) atoms. The van der Waals surface area contributed by atoms with Gasteiger partial charge in [-0.05, 0) is 41.8 Å². The Hall–Kier alpha value is -7.38. The molecule has 0 bridgehead atoms. The van der Waals surface area contributed by atoms with Crippen LogP contribution in [0.3, 0.4) is 0 Å². The van der Waals surface area contributed by atoms with Gasteiger partial charge in [-0.15, -0.1) is 0 Å². The normalized spacial score (nSPS) is 13.6. The summed E-state index contributed by atoms with van der Waals surface area (Å²) >= 11 is 0. The molecule has 0 saturated heterocycles. The zero-order valence-corrected chi connectivity index (χ0v) is 32.7. The number of phenolic OH excluding ortho intramolecular Hbond substituents is 2. The van der Waals surface area contributed by atoms with Crippen LogP contribution in [-0.4, -0.2) is 158 Å². The Morgan fingerprint density at radius 2 is 0.919 bits per heavy atom. The van der Waals surface area contributed by atoms with Crippen molar-refractivity contribution in [2.75, 3.05) is 26.3 Å². The summed E-state index contributed by atoms with van der Waals surface area (Å²) in [4.78, 5) is 125. The summed E-state index contributed by atoms with van der Waals surface area (Å²) in [6.07, 6.45) is -3.09. The average molecular weight is 877 g/mol. The molecule has 0 spiro atoms. The number of amides is 7. The van der Waals surface area contributed by atoms with Crippen molar-refractivity contribution in [3.8, 4) is 11.5 Å². The molecule has 338 valence electrons. The molecule has 0 aliphatic rings. The SMILES string of the molecule is N[C@@H](CO)C(=O)NCC(=O)N[C@@H](CC(=O)O)C(=O)N[C@@H](CCC(=O)O)C(=O)N[C@@H](CO)C(=O)N[C@@H](Cc1ccc(O)cc1)C(=O)N[C@@H](Cc1ccc(O)cc1)C(=O)NCC(=O)O. The lowest BCUT2D eigenvalue weighted by Crippen LogP contribution is -2.60. The number of carboxylic acids is 3. The zero-order chi connectivity index (χ0) is 46.5. The third-order valence-electron chi connectivity index (χ3n) is 8.51. The van der Waals surface area contributed by atoms with Gasteiger partial charge in [-0.1, -0.05) is 24.3 Å². The number of aliphatic carboxylic acids is 3. The highest BCUT2D eigenvalue weighted by Crippen LogP contribution is 2.14. The number of benzene rings is 2. The number of nitrogens with one attached hydrogen (secondary N) is 7. The molecule has 0 aromatic heterocycles. The van der Waals surface area contributed by atoms with Crippen molar-refractivity contribution in [3.63, 3.8) is 0 Å². The number of phenols is 2. The minimum absolute atomic E-state index is 0.112. The average Bonchev–Trinajstić information content (AvgIpc) is 3.22. The fraction of sp³-hybridized carbons (Fsp3) is 0.405. The first kappa shape index (κ1) is 50.8. The highest BCUT2D eigenvalue weighted by Gasteiger charge is 2.33. The highest BCUT2D eigenvalue weighted by molar-refractivity contribution is 5.98. The van der Waals surface area contributed by atoms with E-state index in [1.54, 1.807) is 0 Å². The molecule has 0 aliphatic carbocycles. The van der Waals surface area contributed by atoms with Crippen molar-refractivity contribution in [2.45, 2.75) is 68.4 Å². The number of rotatable bonds is 26. The van der Waals surface area contributed by atoms with E-state index in [0.29, 0.717) is 11.1 Å². The smallest absolute Gasteiger partial charge is 0.322 e. The Morgan fingerprint density at radius 3 is 1.39 bits per heavy atom. The summed E-state index contributed by atoms with van der Waals surface area (Å²) in [6, 6.07) is 0.601. The topological polar surface area (TPSA) is 423 Å². The van der Waals surface area contributed by atoms with Gasteiger partial charge in [-0.2, -0.15) is 0 Å². The maximum absolute atomic E-state index is 13.8. The van der Waals surface area contributed by atoms with Crippen LogP contribution in [0.2, 0.25) is 0 Å². The molecule has 0 radical (unpaired) electrons. The number of carboxylic acid groups (broad SMARTS) is 3. The van der Waals surface area contributed by atoms with Gasteiger partial charge in [0.2, 0.25) is 41.4 Å². The predicted octanol–water partition coefficient (Wildman–Crippen LogP) is -5.72. The lowest BCUT2D eigenvalue weighted by Gasteiger charge is -2.26. The second kappa shape index (κ2) is 25.3. The lowest BCUT2D eigenvalue weighted by molar-refractivity contribution is -0.141. The second-order valence-electron chi connectivity index (χ2n) is 13.4. The van der Waals surface area contributed by atoms with Crippen molar-refractivity contribution in [1.82, 2.24) is 37.2 Å². The van der Waals surface area contributed by atoms with Gasteiger partial charge in [0.1, 0.15) is 54.3 Å². The molecule has 6 atom stereocenters. The number of hydrogen-bond acceptors (Lipinski definition) is 15. The molecule has 0 aliphatic heterocycles. The van der Waals surface area contributed by atoms with E-state index in [9.17, 15) is 73.5 Å². The maximum atomic E-state index is 13.8. The fourth-order valence-electron chi connectivity index (χ4n) is 5.27. The second-order valence-corrected chi connectivity index (χ2v) is 13.4. The van der Waals surface area contributed by atoms with Crippen LogP contribution in [0, 0.1) is 0 Å². The van der Waals surface area contributed by atoms with Crippen molar-refractivity contribution < 1.29 is 83.7 Å². The summed E-state index contributed by atoms with van der Waals surface area (Å²) in [7, 11) is 0. The zero-order valence-electron chi connectivity index (χ0n) is 32.7. The molecule has 25 nitrogen and oxygen atoms in total. The van der Waals surface area contributed by atoms with E-state index in [0.717, 1.165) is 0 Å². The van der Waals surface area contributed by atoms with Gasteiger partial charge >= 0.3 is 17.9 Å². The molecule has 7 amide bonds. The first-order valence-corrected chi connectivity index (χ1v) is 18.5. The summed E-state index contributed by atoms with van der Waals surface area (Å²) in [5, 5.41) is 81.4. The summed E-state index contributed by atoms with van der Waals surface area (Å²) in [6.45, 7) is -3.58. The van der Waals surface area contributed by atoms with Crippen LogP contribution in [0.15, 0.2) is 48.5 Å². The van der Waals surface area contributed by atoms with Crippen LogP contribution in [0.25, 0.3) is 0 Å². The van der Waals surface area contributed by atoms with E-state index >= 15 is 0 Å². The highest BCUT2D eigenvalue weighted by atomic mass is 16.4. The Balaban J connectivity index is 2.35. The molecule has 25 heteroatoms. The molecule has 16 N–H and O–H groups in total.